The minimum Gasteiger partial charge on any atom is -0.326 e. The molecule has 2 rings (SSSR count). The number of benzene rings is 1. The highest BCUT2D eigenvalue weighted by molar-refractivity contribution is 9.10. The molecule has 1 aromatic heterocycles. The molecule has 0 atom stereocenters. The van der Waals surface area contributed by atoms with Gasteiger partial charge in [-0.2, -0.15) is 5.10 Å². The second-order valence-corrected chi connectivity index (χ2v) is 5.67. The molecule has 0 aliphatic carbocycles. The van der Waals surface area contributed by atoms with E-state index >= 15 is 0 Å². The average molecular weight is 375 g/mol. The van der Waals surface area contributed by atoms with E-state index in [2.05, 4.69) is 36.8 Å². The SMILES string of the molecule is CC(CC(=O)Nc1ccc(Br)cc1)=NNC(=O)c1ccncc1. The highest BCUT2D eigenvalue weighted by Gasteiger charge is 2.07. The molecule has 0 unspecified atom stereocenters. The van der Waals surface area contributed by atoms with E-state index in [1.807, 2.05) is 12.1 Å². The lowest BCUT2D eigenvalue weighted by atomic mass is 10.2. The van der Waals surface area contributed by atoms with Crippen LogP contribution in [0.25, 0.3) is 0 Å². The van der Waals surface area contributed by atoms with E-state index in [1.54, 1.807) is 31.2 Å². The van der Waals surface area contributed by atoms with Gasteiger partial charge in [0.1, 0.15) is 0 Å². The van der Waals surface area contributed by atoms with Crippen molar-refractivity contribution in [2.75, 3.05) is 5.32 Å². The van der Waals surface area contributed by atoms with E-state index in [4.69, 9.17) is 0 Å². The molecule has 2 amide bonds. The van der Waals surface area contributed by atoms with Gasteiger partial charge in [0.25, 0.3) is 5.91 Å². The molecule has 1 heterocycles. The number of carbonyl (C=O) groups excluding carboxylic acids is 2. The molecule has 7 heteroatoms. The topological polar surface area (TPSA) is 83.5 Å². The van der Waals surface area contributed by atoms with Gasteiger partial charge in [0.2, 0.25) is 5.91 Å². The molecule has 2 aromatic rings. The van der Waals surface area contributed by atoms with Gasteiger partial charge in [-0.1, -0.05) is 15.9 Å². The maximum atomic E-state index is 11.9. The zero-order chi connectivity index (χ0) is 16.7. The van der Waals surface area contributed by atoms with Crippen LogP contribution in [0.2, 0.25) is 0 Å². The van der Waals surface area contributed by atoms with E-state index in [0.717, 1.165) is 4.47 Å². The van der Waals surface area contributed by atoms with Crippen molar-refractivity contribution >= 4 is 39.1 Å². The first kappa shape index (κ1) is 16.8. The first-order valence-corrected chi connectivity index (χ1v) is 7.63. The Morgan fingerprint density at radius 1 is 1.13 bits per heavy atom. The number of anilines is 1. The summed E-state index contributed by atoms with van der Waals surface area (Å²) in [4.78, 5) is 27.5. The van der Waals surface area contributed by atoms with E-state index < -0.39 is 0 Å². The molecule has 1 aromatic carbocycles. The molecule has 118 valence electrons. The van der Waals surface area contributed by atoms with Gasteiger partial charge >= 0.3 is 0 Å². The predicted molar refractivity (Wildman–Crippen MR) is 92.2 cm³/mol. The lowest BCUT2D eigenvalue weighted by molar-refractivity contribution is -0.115. The Balaban J connectivity index is 1.85. The molecule has 0 aliphatic heterocycles. The Kier molecular flexibility index (Phi) is 5.99. The van der Waals surface area contributed by atoms with Gasteiger partial charge in [-0.05, 0) is 43.3 Å². The fourth-order valence-electron chi connectivity index (χ4n) is 1.72. The molecule has 0 radical (unpaired) electrons. The zero-order valence-electron chi connectivity index (χ0n) is 12.4. The minimum atomic E-state index is -0.347. The zero-order valence-corrected chi connectivity index (χ0v) is 14.0. The van der Waals surface area contributed by atoms with Crippen LogP contribution in [0.4, 0.5) is 5.69 Å². The summed E-state index contributed by atoms with van der Waals surface area (Å²) in [6.07, 6.45) is 3.14. The van der Waals surface area contributed by atoms with Gasteiger partial charge in [-0.15, -0.1) is 0 Å². The second-order valence-electron chi connectivity index (χ2n) is 4.76. The predicted octanol–water partition coefficient (Wildman–Crippen LogP) is 2.98. The molecule has 0 saturated carbocycles. The van der Waals surface area contributed by atoms with Crippen molar-refractivity contribution in [1.29, 1.82) is 0 Å². The maximum Gasteiger partial charge on any atom is 0.271 e. The van der Waals surface area contributed by atoms with Crippen LogP contribution in [0.3, 0.4) is 0 Å². The van der Waals surface area contributed by atoms with Crippen molar-refractivity contribution in [3.63, 3.8) is 0 Å². The van der Waals surface area contributed by atoms with Crippen molar-refractivity contribution in [2.45, 2.75) is 13.3 Å². The average Bonchev–Trinajstić information content (AvgIpc) is 2.55. The maximum absolute atomic E-state index is 11.9. The molecule has 23 heavy (non-hydrogen) atoms. The normalized spacial score (nSPS) is 11.0. The number of rotatable bonds is 5. The smallest absolute Gasteiger partial charge is 0.271 e. The van der Waals surface area contributed by atoms with Crippen molar-refractivity contribution in [3.8, 4) is 0 Å². The van der Waals surface area contributed by atoms with Crippen LogP contribution in [-0.4, -0.2) is 22.5 Å². The molecular weight excluding hydrogens is 360 g/mol. The lowest BCUT2D eigenvalue weighted by Crippen LogP contribution is -2.21. The number of nitrogens with one attached hydrogen (secondary N) is 2. The van der Waals surface area contributed by atoms with Crippen LogP contribution in [-0.2, 0) is 4.79 Å². The summed E-state index contributed by atoms with van der Waals surface area (Å²) in [5.41, 5.74) is 4.07. The Morgan fingerprint density at radius 3 is 2.43 bits per heavy atom. The second kappa shape index (κ2) is 8.19. The Labute approximate surface area is 142 Å². The van der Waals surface area contributed by atoms with Crippen LogP contribution in [0.15, 0.2) is 58.4 Å². The standard InChI is InChI=1S/C16H15BrN4O2/c1-11(20-21-16(23)12-6-8-18-9-7-12)10-15(22)19-14-4-2-13(17)3-5-14/h2-9H,10H2,1H3,(H,19,22)(H,21,23). The molecule has 2 N–H and O–H groups in total. The third-order valence-corrected chi connectivity index (χ3v) is 3.36. The van der Waals surface area contributed by atoms with Crippen molar-refractivity contribution in [1.82, 2.24) is 10.4 Å². The van der Waals surface area contributed by atoms with Gasteiger partial charge in [-0.25, -0.2) is 5.43 Å². The lowest BCUT2D eigenvalue weighted by Gasteiger charge is -2.05. The van der Waals surface area contributed by atoms with Crippen LogP contribution < -0.4 is 10.7 Å². The number of hydrogen-bond acceptors (Lipinski definition) is 4. The molecule has 6 nitrogen and oxygen atoms in total. The summed E-state index contributed by atoms with van der Waals surface area (Å²) in [5.74, 6) is -0.549. The summed E-state index contributed by atoms with van der Waals surface area (Å²) in [6, 6.07) is 10.4. The highest BCUT2D eigenvalue weighted by Crippen LogP contribution is 2.14. The fraction of sp³-hybridized carbons (Fsp3) is 0.125. The van der Waals surface area contributed by atoms with Crippen LogP contribution >= 0.6 is 15.9 Å². The number of amides is 2. The van der Waals surface area contributed by atoms with E-state index in [9.17, 15) is 9.59 Å². The third-order valence-electron chi connectivity index (χ3n) is 2.84. The van der Waals surface area contributed by atoms with Crippen LogP contribution in [0.5, 0.6) is 0 Å². The summed E-state index contributed by atoms with van der Waals surface area (Å²) >= 11 is 3.33. The molecular formula is C16H15BrN4O2. The number of halogens is 1. The summed E-state index contributed by atoms with van der Waals surface area (Å²) in [6.45, 7) is 1.67. The summed E-state index contributed by atoms with van der Waals surface area (Å²) in [5, 5.41) is 6.68. The van der Waals surface area contributed by atoms with E-state index in [1.165, 1.54) is 12.4 Å². The van der Waals surface area contributed by atoms with Gasteiger partial charge in [-0.3, -0.25) is 14.6 Å². The minimum absolute atomic E-state index is 0.0900. The number of aromatic nitrogens is 1. The van der Waals surface area contributed by atoms with Gasteiger partial charge < -0.3 is 5.32 Å². The number of pyridine rings is 1. The Hall–Kier alpha value is -2.54. The monoisotopic (exact) mass is 374 g/mol. The van der Waals surface area contributed by atoms with Crippen molar-refractivity contribution in [3.05, 3.63) is 58.8 Å². The van der Waals surface area contributed by atoms with Gasteiger partial charge in [0, 0.05) is 33.8 Å². The molecule has 0 aliphatic rings. The summed E-state index contributed by atoms with van der Waals surface area (Å²) < 4.78 is 0.937. The number of hydrogen-bond donors (Lipinski definition) is 2. The van der Waals surface area contributed by atoms with Crippen LogP contribution in [0.1, 0.15) is 23.7 Å². The van der Waals surface area contributed by atoms with Crippen LogP contribution in [0, 0.1) is 0 Å². The van der Waals surface area contributed by atoms with E-state index in [0.29, 0.717) is 17.0 Å². The number of carbonyl (C=O) groups is 2. The quantitative estimate of drug-likeness (QED) is 0.623. The largest absolute Gasteiger partial charge is 0.326 e. The molecule has 0 fully saturated rings. The molecule has 0 spiro atoms. The molecule has 0 saturated heterocycles. The molecule has 0 bridgehead atoms. The number of hydrazone groups is 1. The first-order valence-electron chi connectivity index (χ1n) is 6.83. The van der Waals surface area contributed by atoms with Crippen molar-refractivity contribution in [2.24, 2.45) is 5.10 Å². The van der Waals surface area contributed by atoms with Gasteiger partial charge in [0.05, 0.1) is 6.42 Å². The van der Waals surface area contributed by atoms with Gasteiger partial charge in [0.15, 0.2) is 0 Å². The first-order chi connectivity index (χ1) is 11.0. The fourth-order valence-corrected chi connectivity index (χ4v) is 1.99. The summed E-state index contributed by atoms with van der Waals surface area (Å²) in [7, 11) is 0. The number of nitrogens with zero attached hydrogens (tertiary/aromatic N) is 2. The van der Waals surface area contributed by atoms with E-state index in [-0.39, 0.29) is 18.2 Å². The Morgan fingerprint density at radius 2 is 1.78 bits per heavy atom. The highest BCUT2D eigenvalue weighted by atomic mass is 79.9. The Bertz CT molecular complexity index is 715. The van der Waals surface area contributed by atoms with Crippen molar-refractivity contribution < 1.29 is 9.59 Å². The third kappa shape index (κ3) is 5.63.